The number of fused-ring (bicyclic) bond motifs is 1. The SMILES string of the molecule is Cc1cc(N2CC3(CC[S+]3[O-])C2)ccc1-c1csc2ccc(COc3ccc(C4(CC(=O)O)CC(=O)C4)cc3)cc12. The number of hydrogen-bond acceptors (Lipinski definition) is 6. The molecule has 6 nitrogen and oxygen atoms in total. The van der Waals surface area contributed by atoms with Crippen LogP contribution in [0, 0.1) is 6.92 Å². The van der Waals surface area contributed by atoms with E-state index in [4.69, 9.17) is 4.74 Å². The van der Waals surface area contributed by atoms with E-state index in [-0.39, 0.29) is 29.8 Å². The van der Waals surface area contributed by atoms with Gasteiger partial charge >= 0.3 is 5.97 Å². The first-order valence-electron chi connectivity index (χ1n) is 14.0. The number of carboxylic acids is 1. The number of benzene rings is 3. The van der Waals surface area contributed by atoms with Crippen LogP contribution in [0.2, 0.25) is 0 Å². The van der Waals surface area contributed by atoms with Gasteiger partial charge in [0.25, 0.3) is 0 Å². The number of anilines is 1. The van der Waals surface area contributed by atoms with Crippen molar-refractivity contribution in [3.05, 3.63) is 82.7 Å². The molecule has 4 aromatic rings. The molecular formula is C33H31NO5S2. The highest BCUT2D eigenvalue weighted by Crippen LogP contribution is 2.46. The summed E-state index contributed by atoms with van der Waals surface area (Å²) in [4.78, 5) is 25.4. The monoisotopic (exact) mass is 585 g/mol. The lowest BCUT2D eigenvalue weighted by Crippen LogP contribution is -2.72. The van der Waals surface area contributed by atoms with Crippen LogP contribution < -0.4 is 9.64 Å². The maximum atomic E-state index is 12.1. The molecule has 1 saturated carbocycles. The molecule has 0 bridgehead atoms. The van der Waals surface area contributed by atoms with Crippen molar-refractivity contribution in [1.82, 2.24) is 0 Å². The quantitative estimate of drug-likeness (QED) is 0.246. The molecule has 1 aliphatic carbocycles. The van der Waals surface area contributed by atoms with Crippen LogP contribution in [0.3, 0.4) is 0 Å². The van der Waals surface area contributed by atoms with E-state index in [9.17, 15) is 19.2 Å². The molecule has 210 valence electrons. The molecule has 3 fully saturated rings. The maximum absolute atomic E-state index is 12.1. The van der Waals surface area contributed by atoms with Gasteiger partial charge in [-0.2, -0.15) is 0 Å². The van der Waals surface area contributed by atoms with Crippen molar-refractivity contribution < 1.29 is 24.0 Å². The van der Waals surface area contributed by atoms with E-state index in [0.29, 0.717) is 12.4 Å². The normalized spacial score (nSPS) is 20.4. The summed E-state index contributed by atoms with van der Waals surface area (Å²) < 4.78 is 19.5. The molecule has 0 radical (unpaired) electrons. The highest BCUT2D eigenvalue weighted by atomic mass is 32.2. The van der Waals surface area contributed by atoms with Crippen molar-refractivity contribution in [2.45, 2.75) is 49.4 Å². The molecule has 3 aromatic carbocycles. The number of ether oxygens (including phenoxy) is 1. The number of carbonyl (C=O) groups is 2. The summed E-state index contributed by atoms with van der Waals surface area (Å²) in [6.07, 6.45) is 1.61. The van der Waals surface area contributed by atoms with E-state index in [1.54, 1.807) is 11.3 Å². The zero-order valence-electron chi connectivity index (χ0n) is 22.9. The van der Waals surface area contributed by atoms with Crippen molar-refractivity contribution in [2.24, 2.45) is 0 Å². The van der Waals surface area contributed by atoms with Gasteiger partial charge in [-0.1, -0.05) is 24.3 Å². The van der Waals surface area contributed by atoms with Crippen LogP contribution in [0.4, 0.5) is 5.69 Å². The number of ketones is 1. The fraction of sp³-hybridized carbons (Fsp3) is 0.333. The first-order valence-corrected chi connectivity index (χ1v) is 16.2. The Labute approximate surface area is 246 Å². The van der Waals surface area contributed by atoms with Gasteiger partial charge < -0.3 is 19.3 Å². The Hall–Kier alpha value is -3.33. The van der Waals surface area contributed by atoms with Crippen molar-refractivity contribution >= 4 is 50.0 Å². The molecule has 3 heterocycles. The Bertz CT molecular complexity index is 1660. The molecule has 7 rings (SSSR count). The lowest BCUT2D eigenvalue weighted by molar-refractivity contribution is -0.141. The molecule has 3 aliphatic rings. The number of carboxylic acid groups (broad SMARTS) is 1. The Morgan fingerprint density at radius 3 is 2.49 bits per heavy atom. The average molecular weight is 586 g/mol. The topological polar surface area (TPSA) is 89.9 Å². The number of aliphatic carboxylic acids is 1. The van der Waals surface area contributed by atoms with Crippen LogP contribution in [0.15, 0.2) is 66.0 Å². The Kier molecular flexibility index (Phi) is 6.41. The van der Waals surface area contributed by atoms with E-state index in [0.717, 1.165) is 36.4 Å². The minimum absolute atomic E-state index is 0.0365. The van der Waals surface area contributed by atoms with Crippen LogP contribution in [0.1, 0.15) is 42.4 Å². The van der Waals surface area contributed by atoms with Crippen molar-refractivity contribution in [3.63, 3.8) is 0 Å². The summed E-state index contributed by atoms with van der Waals surface area (Å²) in [7, 11) is 0. The van der Waals surface area contributed by atoms with Crippen LogP contribution in [-0.4, -0.2) is 45.0 Å². The van der Waals surface area contributed by atoms with Crippen LogP contribution >= 0.6 is 11.3 Å². The fourth-order valence-corrected chi connectivity index (χ4v) is 9.11. The number of thiophene rings is 1. The van der Waals surface area contributed by atoms with Gasteiger partial charge in [-0.3, -0.25) is 9.59 Å². The number of carbonyl (C=O) groups excluding carboxylic acids is 1. The first-order chi connectivity index (χ1) is 19.7. The Balaban J connectivity index is 1.05. The molecule has 1 unspecified atom stereocenters. The molecule has 8 heteroatoms. The molecule has 1 spiro atoms. The third-order valence-electron chi connectivity index (χ3n) is 9.12. The molecule has 1 aromatic heterocycles. The van der Waals surface area contributed by atoms with Crippen LogP contribution in [0.5, 0.6) is 5.75 Å². The predicted molar refractivity (Wildman–Crippen MR) is 164 cm³/mol. The van der Waals surface area contributed by atoms with Gasteiger partial charge in [0.15, 0.2) is 4.75 Å². The highest BCUT2D eigenvalue weighted by Gasteiger charge is 2.59. The molecule has 1 N–H and O–H groups in total. The zero-order valence-corrected chi connectivity index (χ0v) is 24.5. The number of aryl methyl sites for hydroxylation is 1. The molecule has 0 amide bonds. The molecular weight excluding hydrogens is 554 g/mol. The smallest absolute Gasteiger partial charge is 0.304 e. The van der Waals surface area contributed by atoms with Gasteiger partial charge in [0.05, 0.1) is 19.5 Å². The van der Waals surface area contributed by atoms with Crippen molar-refractivity contribution in [3.8, 4) is 16.9 Å². The molecule has 1 atom stereocenters. The number of rotatable bonds is 8. The number of hydrogen-bond donors (Lipinski definition) is 1. The molecule has 2 saturated heterocycles. The lowest BCUT2D eigenvalue weighted by atomic mass is 9.62. The second-order valence-electron chi connectivity index (χ2n) is 11.9. The van der Waals surface area contributed by atoms with E-state index in [2.05, 4.69) is 53.6 Å². The Morgan fingerprint density at radius 2 is 1.85 bits per heavy atom. The van der Waals surface area contributed by atoms with Gasteiger partial charge in [0.1, 0.15) is 23.9 Å². The second kappa shape index (κ2) is 9.89. The maximum Gasteiger partial charge on any atom is 0.304 e. The summed E-state index contributed by atoms with van der Waals surface area (Å²) in [5, 5.41) is 12.8. The fourth-order valence-electron chi connectivity index (χ4n) is 6.62. The zero-order chi connectivity index (χ0) is 28.4. The average Bonchev–Trinajstić information content (AvgIpc) is 3.32. The Morgan fingerprint density at radius 1 is 1.07 bits per heavy atom. The summed E-state index contributed by atoms with van der Waals surface area (Å²) in [5.41, 5.74) is 6.24. The van der Waals surface area contributed by atoms with Crippen LogP contribution in [0.25, 0.3) is 21.2 Å². The summed E-state index contributed by atoms with van der Waals surface area (Å²) in [5.74, 6) is 0.788. The summed E-state index contributed by atoms with van der Waals surface area (Å²) in [6.45, 7) is 4.37. The van der Waals surface area contributed by atoms with Gasteiger partial charge in [-0.25, -0.2) is 0 Å². The van der Waals surface area contributed by atoms with E-state index in [1.807, 2.05) is 24.3 Å². The lowest BCUT2D eigenvalue weighted by Gasteiger charge is -2.55. The summed E-state index contributed by atoms with van der Waals surface area (Å²) >= 11 is 1.09. The minimum atomic E-state index is -0.885. The van der Waals surface area contributed by atoms with Crippen LogP contribution in [-0.2, 0) is 32.8 Å². The summed E-state index contributed by atoms with van der Waals surface area (Å²) in [6, 6.07) is 20.6. The minimum Gasteiger partial charge on any atom is -0.616 e. The van der Waals surface area contributed by atoms with Gasteiger partial charge in [0.2, 0.25) is 0 Å². The van der Waals surface area contributed by atoms with E-state index in [1.165, 1.54) is 32.5 Å². The second-order valence-corrected chi connectivity index (χ2v) is 14.8. The van der Waals surface area contributed by atoms with Gasteiger partial charge in [-0.05, 0) is 82.1 Å². The predicted octanol–water partition coefficient (Wildman–Crippen LogP) is 6.24. The first kappa shape index (κ1) is 26.6. The number of nitrogens with zero attached hydrogens (tertiary/aromatic N) is 1. The largest absolute Gasteiger partial charge is 0.616 e. The van der Waals surface area contributed by atoms with E-state index < -0.39 is 22.6 Å². The van der Waals surface area contributed by atoms with Gasteiger partial charge in [0, 0.05) is 46.0 Å². The highest BCUT2D eigenvalue weighted by molar-refractivity contribution is 7.94. The third kappa shape index (κ3) is 4.62. The molecule has 41 heavy (non-hydrogen) atoms. The van der Waals surface area contributed by atoms with E-state index >= 15 is 0 Å². The standard InChI is InChI=1S/C33H31NO5S2/c1-21-12-24(34-19-33(20-34)10-11-41(33)38)5-8-27(21)29-18-40-30-9-2-22(13-28(29)30)17-39-26-6-3-23(4-7-26)32(16-31(36)37)14-25(35)15-32/h2-9,12-13,18H,10-11,14-17,19-20H2,1H3,(H,36,37). The van der Waals surface area contributed by atoms with Crippen molar-refractivity contribution in [2.75, 3.05) is 23.7 Å². The van der Waals surface area contributed by atoms with Crippen molar-refractivity contribution in [1.29, 1.82) is 0 Å². The number of Topliss-reactive ketones (excluding diaryl/α,β-unsaturated/α-hetero) is 1. The third-order valence-corrected chi connectivity index (χ3v) is 12.1. The molecule has 2 aliphatic heterocycles. The van der Waals surface area contributed by atoms with Gasteiger partial charge in [-0.15, -0.1) is 11.3 Å².